The van der Waals surface area contributed by atoms with Crippen LogP contribution in [0, 0.1) is 6.92 Å². The van der Waals surface area contributed by atoms with Gasteiger partial charge in [-0.15, -0.1) is 24.8 Å². The highest BCUT2D eigenvalue weighted by Gasteiger charge is 2.18. The van der Waals surface area contributed by atoms with E-state index in [1.165, 1.54) is 0 Å². The molecule has 0 fully saturated rings. The standard InChI is InChI=1S/C11H10N2O2.2ClH/c1-7-9(11(12)14)10(13-15-7)8-5-3-2-4-6-8;;/h2-6H,1H3,(H2,12,14);2*1H. The molecule has 0 bridgehead atoms. The number of nitrogens with zero attached hydrogens (tertiary/aromatic N) is 1. The predicted octanol–water partition coefficient (Wildman–Crippen LogP) is 2.59. The van der Waals surface area contributed by atoms with Crippen molar-refractivity contribution in [1.29, 1.82) is 0 Å². The van der Waals surface area contributed by atoms with Crippen LogP contribution < -0.4 is 5.73 Å². The average molecular weight is 275 g/mol. The fraction of sp³-hybridized carbons (Fsp3) is 0.0909. The van der Waals surface area contributed by atoms with Gasteiger partial charge in [0.2, 0.25) is 0 Å². The van der Waals surface area contributed by atoms with Crippen molar-refractivity contribution in [3.05, 3.63) is 41.7 Å². The largest absolute Gasteiger partial charge is 0.365 e. The first-order valence-electron chi connectivity index (χ1n) is 4.51. The number of amides is 1. The molecular formula is C11H12Cl2N2O2. The minimum absolute atomic E-state index is 0. The van der Waals surface area contributed by atoms with Crippen molar-refractivity contribution < 1.29 is 9.32 Å². The molecule has 1 aromatic heterocycles. The Balaban J connectivity index is 0.00000128. The highest BCUT2D eigenvalue weighted by molar-refractivity contribution is 5.99. The highest BCUT2D eigenvalue weighted by Crippen LogP contribution is 2.24. The van der Waals surface area contributed by atoms with Crippen LogP contribution in [0.1, 0.15) is 16.1 Å². The Bertz CT molecular complexity index is 497. The lowest BCUT2D eigenvalue weighted by Crippen LogP contribution is -2.12. The van der Waals surface area contributed by atoms with Crippen LogP contribution in [0.4, 0.5) is 0 Å². The van der Waals surface area contributed by atoms with Crippen LogP contribution in [0.3, 0.4) is 0 Å². The molecule has 4 nitrogen and oxygen atoms in total. The average Bonchev–Trinajstić information content (AvgIpc) is 2.61. The zero-order chi connectivity index (χ0) is 10.8. The van der Waals surface area contributed by atoms with Gasteiger partial charge in [-0.25, -0.2) is 0 Å². The lowest BCUT2D eigenvalue weighted by molar-refractivity contribution is 0.0999. The van der Waals surface area contributed by atoms with E-state index >= 15 is 0 Å². The molecule has 0 aliphatic rings. The van der Waals surface area contributed by atoms with Gasteiger partial charge in [-0.1, -0.05) is 35.5 Å². The van der Waals surface area contributed by atoms with E-state index in [-0.39, 0.29) is 24.8 Å². The molecule has 6 heteroatoms. The van der Waals surface area contributed by atoms with E-state index < -0.39 is 5.91 Å². The normalized spacial score (nSPS) is 9.00. The third kappa shape index (κ3) is 2.99. The molecule has 0 spiro atoms. The quantitative estimate of drug-likeness (QED) is 0.915. The summed E-state index contributed by atoms with van der Waals surface area (Å²) < 4.78 is 4.96. The first kappa shape index (κ1) is 15.5. The van der Waals surface area contributed by atoms with Crippen LogP contribution in [-0.2, 0) is 0 Å². The molecule has 0 radical (unpaired) electrons. The molecule has 1 amide bonds. The Kier molecular flexibility index (Phi) is 5.71. The summed E-state index contributed by atoms with van der Waals surface area (Å²) in [6.07, 6.45) is 0. The summed E-state index contributed by atoms with van der Waals surface area (Å²) in [6.45, 7) is 1.67. The van der Waals surface area contributed by atoms with E-state index in [4.69, 9.17) is 10.3 Å². The number of hydrogen-bond acceptors (Lipinski definition) is 3. The van der Waals surface area contributed by atoms with Gasteiger partial charge in [0.25, 0.3) is 5.91 Å². The molecule has 0 saturated heterocycles. The van der Waals surface area contributed by atoms with Gasteiger partial charge in [-0.2, -0.15) is 0 Å². The topological polar surface area (TPSA) is 69.1 Å². The second-order valence-electron chi connectivity index (χ2n) is 3.19. The third-order valence-electron chi connectivity index (χ3n) is 2.16. The van der Waals surface area contributed by atoms with Gasteiger partial charge in [-0.05, 0) is 6.92 Å². The van der Waals surface area contributed by atoms with Crippen LogP contribution in [0.25, 0.3) is 11.3 Å². The monoisotopic (exact) mass is 274 g/mol. The van der Waals surface area contributed by atoms with Gasteiger partial charge < -0.3 is 10.3 Å². The number of aryl methyl sites for hydroxylation is 1. The SMILES string of the molecule is Cc1onc(-c2ccccc2)c1C(N)=O.Cl.Cl. The molecule has 17 heavy (non-hydrogen) atoms. The molecule has 2 rings (SSSR count). The second-order valence-corrected chi connectivity index (χ2v) is 3.19. The van der Waals surface area contributed by atoms with Crippen molar-refractivity contribution in [2.75, 3.05) is 0 Å². The number of nitrogens with two attached hydrogens (primary N) is 1. The number of carbonyl (C=O) groups is 1. The van der Waals surface area contributed by atoms with Crippen molar-refractivity contribution in [3.63, 3.8) is 0 Å². The fourth-order valence-electron chi connectivity index (χ4n) is 1.46. The van der Waals surface area contributed by atoms with Crippen molar-refractivity contribution >= 4 is 30.7 Å². The summed E-state index contributed by atoms with van der Waals surface area (Å²) in [5.41, 5.74) is 6.93. The third-order valence-corrected chi connectivity index (χ3v) is 2.16. The smallest absolute Gasteiger partial charge is 0.254 e. The van der Waals surface area contributed by atoms with Crippen LogP contribution in [-0.4, -0.2) is 11.1 Å². The molecule has 1 aromatic carbocycles. The van der Waals surface area contributed by atoms with Crippen molar-refractivity contribution in [2.24, 2.45) is 5.73 Å². The zero-order valence-corrected chi connectivity index (χ0v) is 10.7. The Morgan fingerprint density at radius 2 is 1.82 bits per heavy atom. The molecule has 0 aliphatic heterocycles. The maximum atomic E-state index is 11.2. The lowest BCUT2D eigenvalue weighted by Gasteiger charge is -1.97. The van der Waals surface area contributed by atoms with E-state index in [1.54, 1.807) is 6.92 Å². The zero-order valence-electron chi connectivity index (χ0n) is 9.04. The van der Waals surface area contributed by atoms with Crippen molar-refractivity contribution in [1.82, 2.24) is 5.16 Å². The number of rotatable bonds is 2. The molecule has 0 aliphatic carbocycles. The van der Waals surface area contributed by atoms with Crippen LogP contribution in [0.2, 0.25) is 0 Å². The lowest BCUT2D eigenvalue weighted by atomic mass is 10.1. The van der Waals surface area contributed by atoms with E-state index in [0.29, 0.717) is 17.0 Å². The maximum absolute atomic E-state index is 11.2. The summed E-state index contributed by atoms with van der Waals surface area (Å²) in [5, 5.41) is 3.83. The molecule has 0 saturated carbocycles. The molecule has 92 valence electrons. The van der Waals surface area contributed by atoms with E-state index in [0.717, 1.165) is 5.56 Å². The Morgan fingerprint density at radius 3 is 2.35 bits per heavy atom. The summed E-state index contributed by atoms with van der Waals surface area (Å²) in [5.74, 6) is -0.0750. The van der Waals surface area contributed by atoms with Gasteiger partial charge in [-0.3, -0.25) is 4.79 Å². The van der Waals surface area contributed by atoms with E-state index in [2.05, 4.69) is 5.16 Å². The number of hydrogen-bond donors (Lipinski definition) is 1. The predicted molar refractivity (Wildman–Crippen MR) is 69.7 cm³/mol. The number of primary amides is 1. The molecule has 0 unspecified atom stereocenters. The fourth-order valence-corrected chi connectivity index (χ4v) is 1.46. The molecule has 1 heterocycles. The van der Waals surface area contributed by atoms with Crippen LogP contribution in [0.15, 0.2) is 34.9 Å². The molecule has 0 atom stereocenters. The van der Waals surface area contributed by atoms with E-state index in [1.807, 2.05) is 30.3 Å². The summed E-state index contributed by atoms with van der Waals surface area (Å²) in [6, 6.07) is 9.32. The van der Waals surface area contributed by atoms with Crippen LogP contribution in [0.5, 0.6) is 0 Å². The summed E-state index contributed by atoms with van der Waals surface area (Å²) in [4.78, 5) is 11.2. The van der Waals surface area contributed by atoms with Gasteiger partial charge in [0, 0.05) is 5.56 Å². The van der Waals surface area contributed by atoms with Crippen LogP contribution >= 0.6 is 24.8 Å². The van der Waals surface area contributed by atoms with Crippen molar-refractivity contribution in [2.45, 2.75) is 6.92 Å². The second kappa shape index (κ2) is 6.27. The first-order chi connectivity index (χ1) is 7.20. The molecular weight excluding hydrogens is 263 g/mol. The Hall–Kier alpha value is -1.52. The first-order valence-corrected chi connectivity index (χ1v) is 4.51. The van der Waals surface area contributed by atoms with Gasteiger partial charge in [0.05, 0.1) is 0 Å². The van der Waals surface area contributed by atoms with E-state index in [9.17, 15) is 4.79 Å². The summed E-state index contributed by atoms with van der Waals surface area (Å²) in [7, 11) is 0. The molecule has 2 aromatic rings. The van der Waals surface area contributed by atoms with Gasteiger partial charge in [0.1, 0.15) is 17.0 Å². The Morgan fingerprint density at radius 1 is 1.24 bits per heavy atom. The molecule has 2 N–H and O–H groups in total. The number of halogens is 2. The highest BCUT2D eigenvalue weighted by atomic mass is 35.5. The van der Waals surface area contributed by atoms with Gasteiger partial charge >= 0.3 is 0 Å². The minimum Gasteiger partial charge on any atom is -0.365 e. The summed E-state index contributed by atoms with van der Waals surface area (Å²) >= 11 is 0. The van der Waals surface area contributed by atoms with Crippen molar-refractivity contribution in [3.8, 4) is 11.3 Å². The number of carbonyl (C=O) groups excluding carboxylic acids is 1. The number of aromatic nitrogens is 1. The number of benzene rings is 1. The van der Waals surface area contributed by atoms with Gasteiger partial charge in [0.15, 0.2) is 0 Å². The minimum atomic E-state index is -0.521. The Labute approximate surface area is 111 Å². The maximum Gasteiger partial charge on any atom is 0.254 e.